The summed E-state index contributed by atoms with van der Waals surface area (Å²) in [4.78, 5) is 14.7. The summed E-state index contributed by atoms with van der Waals surface area (Å²) in [5.74, 6) is -3.02. The number of nitrogens with one attached hydrogen (secondary N) is 1. The van der Waals surface area contributed by atoms with Gasteiger partial charge < -0.3 is 16.8 Å². The van der Waals surface area contributed by atoms with Crippen LogP contribution < -0.4 is 16.8 Å². The molecule has 5 nitrogen and oxygen atoms in total. The van der Waals surface area contributed by atoms with Gasteiger partial charge >= 0.3 is 0 Å². The third kappa shape index (κ3) is 7.15. The van der Waals surface area contributed by atoms with E-state index in [9.17, 15) is 22.4 Å². The number of halogens is 6. The van der Waals surface area contributed by atoms with Gasteiger partial charge in [0.05, 0.1) is 11.7 Å². The minimum Gasteiger partial charge on any atom is -0.330 e. The molecule has 30 heavy (non-hydrogen) atoms. The molecule has 0 bridgehead atoms. The summed E-state index contributed by atoms with van der Waals surface area (Å²) >= 11 is 0. The van der Waals surface area contributed by atoms with Crippen molar-refractivity contribution < 1.29 is 22.4 Å². The van der Waals surface area contributed by atoms with Gasteiger partial charge in [0, 0.05) is 5.56 Å². The molecule has 11 heteroatoms. The molecule has 0 saturated carbocycles. The first-order valence-corrected chi connectivity index (χ1v) is 8.42. The van der Waals surface area contributed by atoms with Gasteiger partial charge in [-0.15, -0.1) is 24.8 Å². The monoisotopic (exact) mass is 466 g/mol. The van der Waals surface area contributed by atoms with Crippen molar-refractivity contribution in [2.75, 3.05) is 11.9 Å². The number of hydrogen-bond acceptors (Lipinski definition) is 4. The second kappa shape index (κ2) is 13.0. The highest BCUT2D eigenvalue weighted by Gasteiger charge is 2.19. The number of amides is 1. The Morgan fingerprint density at radius 2 is 1.63 bits per heavy atom. The first kappa shape index (κ1) is 27.6. The molecule has 164 valence electrons. The Labute approximate surface area is 183 Å². The number of rotatable bonds is 6. The summed E-state index contributed by atoms with van der Waals surface area (Å²) in [6.07, 6.45) is 1.85. The van der Waals surface area contributed by atoms with Gasteiger partial charge in [0.15, 0.2) is 11.6 Å². The summed E-state index contributed by atoms with van der Waals surface area (Å²) < 4.78 is 53.7. The van der Waals surface area contributed by atoms with Crippen molar-refractivity contribution in [3.8, 4) is 11.8 Å². The van der Waals surface area contributed by atoms with Crippen molar-refractivity contribution in [1.82, 2.24) is 4.98 Å². The lowest BCUT2D eigenvalue weighted by Crippen LogP contribution is -2.35. The number of nitrogens with zero attached hydrogens (tertiary/aromatic N) is 1. The lowest BCUT2D eigenvalue weighted by atomic mass is 10.1. The zero-order valence-electron chi connectivity index (χ0n) is 15.6. The van der Waals surface area contributed by atoms with Gasteiger partial charge in [0.1, 0.15) is 5.56 Å². The van der Waals surface area contributed by atoms with E-state index in [4.69, 9.17) is 11.5 Å². The number of carbonyl (C=O) groups is 1. The van der Waals surface area contributed by atoms with Gasteiger partial charge in [-0.25, -0.2) is 8.78 Å². The summed E-state index contributed by atoms with van der Waals surface area (Å²) in [6.45, 7) is 0.496. The van der Waals surface area contributed by atoms with Gasteiger partial charge in [-0.3, -0.25) is 4.79 Å². The first-order chi connectivity index (χ1) is 13.3. The molecule has 1 aromatic heterocycles. The third-order valence-electron chi connectivity index (χ3n) is 3.81. The van der Waals surface area contributed by atoms with Crippen molar-refractivity contribution in [2.45, 2.75) is 25.3 Å². The molecule has 1 unspecified atom stereocenters. The fourth-order valence-corrected chi connectivity index (χ4v) is 2.29. The van der Waals surface area contributed by atoms with Crippen LogP contribution in [0.4, 0.5) is 23.2 Å². The third-order valence-corrected chi connectivity index (χ3v) is 3.81. The van der Waals surface area contributed by atoms with Crippen molar-refractivity contribution >= 4 is 36.4 Å². The highest BCUT2D eigenvalue weighted by molar-refractivity contribution is 5.95. The zero-order valence-corrected chi connectivity index (χ0v) is 17.2. The highest BCUT2D eigenvalue weighted by Crippen LogP contribution is 2.18. The fourth-order valence-electron chi connectivity index (χ4n) is 2.29. The van der Waals surface area contributed by atoms with Crippen LogP contribution in [-0.2, 0) is 4.79 Å². The molecule has 2 aromatic rings. The van der Waals surface area contributed by atoms with E-state index >= 15 is 0 Å². The predicted octanol–water partition coefficient (Wildman–Crippen LogP) is 3.28. The Bertz CT molecular complexity index is 908. The molecule has 0 aliphatic rings. The number of carbonyl (C=O) groups excluding carboxylic acids is 1. The van der Waals surface area contributed by atoms with Crippen molar-refractivity contribution in [1.29, 1.82) is 0 Å². The molecule has 0 spiro atoms. The average molecular weight is 467 g/mol. The summed E-state index contributed by atoms with van der Waals surface area (Å²) in [7, 11) is 0. The molecule has 1 atom stereocenters. The summed E-state index contributed by atoms with van der Waals surface area (Å²) in [6, 6.07) is 5.38. The van der Waals surface area contributed by atoms with Crippen LogP contribution in [0, 0.1) is 35.4 Å². The quantitative estimate of drug-likeness (QED) is 0.263. The van der Waals surface area contributed by atoms with Crippen LogP contribution in [0.1, 0.15) is 30.4 Å². The fraction of sp³-hybridized carbons (Fsp3) is 0.263. The van der Waals surface area contributed by atoms with Crippen LogP contribution in [0.5, 0.6) is 0 Å². The van der Waals surface area contributed by atoms with Crippen LogP contribution in [0.2, 0.25) is 0 Å². The van der Waals surface area contributed by atoms with E-state index in [1.165, 1.54) is 12.1 Å². The highest BCUT2D eigenvalue weighted by atomic mass is 35.5. The molecule has 5 N–H and O–H groups in total. The molecule has 0 radical (unpaired) electrons. The molecular formula is C19H20Cl2F4N4O. The number of benzene rings is 1. The lowest BCUT2D eigenvalue weighted by molar-refractivity contribution is -0.117. The summed E-state index contributed by atoms with van der Waals surface area (Å²) in [5, 5.41) is 2.58. The Morgan fingerprint density at radius 1 is 1.03 bits per heavy atom. The smallest absolute Gasteiger partial charge is 0.253 e. The Kier molecular flexibility index (Phi) is 12.0. The van der Waals surface area contributed by atoms with Gasteiger partial charge in [-0.05, 0) is 31.5 Å². The summed E-state index contributed by atoms with van der Waals surface area (Å²) in [5.41, 5.74) is 10.5. The number of nitrogens with two attached hydrogens (primary N) is 2. The second-order valence-corrected chi connectivity index (χ2v) is 5.87. The maximum Gasteiger partial charge on any atom is 0.253 e. The largest absolute Gasteiger partial charge is 0.330 e. The SMILES string of the molecule is Cl.Cl.NCCCCC(N)C(=O)Nc1ccccc1C#Cc1c(F)c(F)nc(F)c1F. The van der Waals surface area contributed by atoms with Gasteiger partial charge in [0.25, 0.3) is 11.9 Å². The second-order valence-electron chi connectivity index (χ2n) is 5.87. The van der Waals surface area contributed by atoms with E-state index in [0.717, 1.165) is 6.42 Å². The normalized spacial score (nSPS) is 10.7. The van der Waals surface area contributed by atoms with Gasteiger partial charge in [0.2, 0.25) is 5.91 Å². The van der Waals surface area contributed by atoms with Crippen LogP contribution >= 0.6 is 24.8 Å². The maximum absolute atomic E-state index is 13.7. The number of aromatic nitrogens is 1. The number of anilines is 1. The van der Waals surface area contributed by atoms with Crippen LogP contribution in [-0.4, -0.2) is 23.5 Å². The maximum atomic E-state index is 13.7. The Morgan fingerprint density at radius 3 is 2.23 bits per heavy atom. The van der Waals surface area contributed by atoms with E-state index < -0.39 is 41.0 Å². The van der Waals surface area contributed by atoms with Crippen LogP contribution in [0.3, 0.4) is 0 Å². The number of unbranched alkanes of at least 4 members (excludes halogenated alkanes) is 1. The number of para-hydroxylation sites is 1. The van der Waals surface area contributed by atoms with E-state index in [-0.39, 0.29) is 36.1 Å². The minimum absolute atomic E-state index is 0. The predicted molar refractivity (Wildman–Crippen MR) is 110 cm³/mol. The molecule has 0 saturated heterocycles. The van der Waals surface area contributed by atoms with Gasteiger partial charge in [-0.1, -0.05) is 30.4 Å². The molecule has 0 aliphatic heterocycles. The minimum atomic E-state index is -1.80. The first-order valence-electron chi connectivity index (χ1n) is 8.42. The molecule has 1 heterocycles. The van der Waals surface area contributed by atoms with Crippen LogP contribution in [0.15, 0.2) is 24.3 Å². The van der Waals surface area contributed by atoms with Crippen molar-refractivity contribution in [3.05, 3.63) is 58.9 Å². The molecule has 2 rings (SSSR count). The van der Waals surface area contributed by atoms with E-state index in [0.29, 0.717) is 19.4 Å². The standard InChI is InChI=1S/C19H18F4N4O.2ClH/c20-15-12(16(21)18(23)27-17(15)22)9-8-11-5-1-2-7-14(11)26-19(28)13(25)6-3-4-10-24;;/h1-2,5,7,13H,3-4,6,10,24-25H2,(H,26,28);2*1H. The molecule has 1 amide bonds. The molecule has 1 aromatic carbocycles. The number of pyridine rings is 1. The van der Waals surface area contributed by atoms with Gasteiger partial charge in [-0.2, -0.15) is 13.8 Å². The van der Waals surface area contributed by atoms with E-state index in [1.54, 1.807) is 12.1 Å². The van der Waals surface area contributed by atoms with E-state index in [1.807, 2.05) is 5.92 Å². The number of hydrogen-bond donors (Lipinski definition) is 3. The van der Waals surface area contributed by atoms with Crippen LogP contribution in [0.25, 0.3) is 0 Å². The average Bonchev–Trinajstić information content (AvgIpc) is 2.67. The lowest BCUT2D eigenvalue weighted by Gasteiger charge is -2.13. The van der Waals surface area contributed by atoms with E-state index in [2.05, 4.69) is 16.2 Å². The Balaban J connectivity index is 0.00000420. The molecule has 0 fully saturated rings. The van der Waals surface area contributed by atoms with Crippen molar-refractivity contribution in [2.24, 2.45) is 11.5 Å². The Hall–Kier alpha value is -2.38. The molecule has 0 aliphatic carbocycles. The van der Waals surface area contributed by atoms with Crippen molar-refractivity contribution in [3.63, 3.8) is 0 Å². The molecular weight excluding hydrogens is 447 g/mol. The topological polar surface area (TPSA) is 94.0 Å². The zero-order chi connectivity index (χ0) is 20.7.